The largest absolute Gasteiger partial charge is 0.478 e. The molecule has 0 saturated heterocycles. The third-order valence-corrected chi connectivity index (χ3v) is 3.35. The lowest BCUT2D eigenvalue weighted by atomic mass is 9.85. The van der Waals surface area contributed by atoms with E-state index < -0.39 is 22.4 Å². The minimum absolute atomic E-state index is 0.0728. The molecule has 0 radical (unpaired) electrons. The van der Waals surface area contributed by atoms with Gasteiger partial charge in [-0.3, -0.25) is 10.1 Å². The molecule has 0 aliphatic carbocycles. The van der Waals surface area contributed by atoms with Gasteiger partial charge in [0.15, 0.2) is 0 Å². The zero-order chi connectivity index (χ0) is 14.2. The molecule has 2 unspecified atom stereocenters. The maximum Gasteiger partial charge on any atom is 0.351 e. The fourth-order valence-electron chi connectivity index (χ4n) is 1.87. The average Bonchev–Trinajstić information content (AvgIpc) is 2.68. The second kappa shape index (κ2) is 4.34. The standard InChI is InChI=1S/C12H12N2O5/c1-7-10(13-19-12(7,2)11(15)16)8-4-3-5-9(6-8)14(17)18/h3-7H,1-2H3,(H,15,16). The number of aliphatic carboxylic acids is 1. The van der Waals surface area contributed by atoms with Crippen LogP contribution >= 0.6 is 0 Å². The Morgan fingerprint density at radius 3 is 2.79 bits per heavy atom. The van der Waals surface area contributed by atoms with Gasteiger partial charge >= 0.3 is 5.97 Å². The minimum atomic E-state index is -1.44. The lowest BCUT2D eigenvalue weighted by Crippen LogP contribution is -2.42. The number of nitro groups is 1. The Balaban J connectivity index is 2.37. The van der Waals surface area contributed by atoms with E-state index in [2.05, 4.69) is 5.16 Å². The molecule has 0 spiro atoms. The van der Waals surface area contributed by atoms with Gasteiger partial charge in [0.25, 0.3) is 5.69 Å². The molecule has 7 heteroatoms. The van der Waals surface area contributed by atoms with Crippen molar-refractivity contribution >= 4 is 17.4 Å². The summed E-state index contributed by atoms with van der Waals surface area (Å²) in [7, 11) is 0. The summed E-state index contributed by atoms with van der Waals surface area (Å²) in [6, 6.07) is 5.88. The van der Waals surface area contributed by atoms with Crippen molar-refractivity contribution in [3.8, 4) is 0 Å². The Bertz CT molecular complexity index is 583. The highest BCUT2D eigenvalue weighted by Gasteiger charge is 2.49. The number of carboxylic acids is 1. The Morgan fingerprint density at radius 2 is 2.26 bits per heavy atom. The lowest BCUT2D eigenvalue weighted by molar-refractivity contribution is -0.384. The average molecular weight is 264 g/mol. The van der Waals surface area contributed by atoms with E-state index in [9.17, 15) is 14.9 Å². The van der Waals surface area contributed by atoms with Crippen LogP contribution in [0.25, 0.3) is 0 Å². The van der Waals surface area contributed by atoms with Gasteiger partial charge in [0.1, 0.15) is 0 Å². The Kier molecular flexibility index (Phi) is 2.97. The topological polar surface area (TPSA) is 102 Å². The normalized spacial score (nSPS) is 25.6. The van der Waals surface area contributed by atoms with Gasteiger partial charge in [-0.05, 0) is 6.92 Å². The number of nitrogens with zero attached hydrogens (tertiary/aromatic N) is 2. The number of carbonyl (C=O) groups is 1. The summed E-state index contributed by atoms with van der Waals surface area (Å²) < 4.78 is 0. The molecular weight excluding hydrogens is 252 g/mol. The van der Waals surface area contributed by atoms with Crippen molar-refractivity contribution < 1.29 is 19.7 Å². The molecule has 2 atom stereocenters. The molecule has 2 rings (SSSR count). The summed E-state index contributed by atoms with van der Waals surface area (Å²) in [6.07, 6.45) is 0. The third-order valence-electron chi connectivity index (χ3n) is 3.35. The van der Waals surface area contributed by atoms with Crippen LogP contribution in [0.4, 0.5) is 5.69 Å². The van der Waals surface area contributed by atoms with Crippen LogP contribution in [0.2, 0.25) is 0 Å². The zero-order valence-electron chi connectivity index (χ0n) is 10.4. The summed E-state index contributed by atoms with van der Waals surface area (Å²) in [6.45, 7) is 3.09. The van der Waals surface area contributed by atoms with E-state index >= 15 is 0 Å². The van der Waals surface area contributed by atoms with E-state index in [1.165, 1.54) is 25.1 Å². The second-order valence-electron chi connectivity index (χ2n) is 4.51. The SMILES string of the molecule is CC1C(c2cccc([N+](=O)[O-])c2)=NOC1(C)C(=O)O. The zero-order valence-corrected chi connectivity index (χ0v) is 10.4. The summed E-state index contributed by atoms with van der Waals surface area (Å²) in [4.78, 5) is 26.4. The fourth-order valence-corrected chi connectivity index (χ4v) is 1.87. The van der Waals surface area contributed by atoms with Gasteiger partial charge in [-0.2, -0.15) is 0 Å². The van der Waals surface area contributed by atoms with Crippen molar-refractivity contribution in [2.45, 2.75) is 19.4 Å². The van der Waals surface area contributed by atoms with Crippen LogP contribution in [-0.4, -0.2) is 27.3 Å². The molecule has 1 heterocycles. The molecular formula is C12H12N2O5. The fraction of sp³-hybridized carbons (Fsp3) is 0.333. The van der Waals surface area contributed by atoms with E-state index in [0.29, 0.717) is 11.3 Å². The molecule has 19 heavy (non-hydrogen) atoms. The van der Waals surface area contributed by atoms with Crippen molar-refractivity contribution in [2.75, 3.05) is 0 Å². The highest BCUT2D eigenvalue weighted by Crippen LogP contribution is 2.33. The highest BCUT2D eigenvalue weighted by atomic mass is 16.7. The van der Waals surface area contributed by atoms with Gasteiger partial charge in [0, 0.05) is 17.7 Å². The summed E-state index contributed by atoms with van der Waals surface area (Å²) in [5.41, 5.74) is -0.628. The molecule has 0 fully saturated rings. The Hall–Kier alpha value is -2.44. The van der Waals surface area contributed by atoms with Crippen LogP contribution in [0.1, 0.15) is 19.4 Å². The highest BCUT2D eigenvalue weighted by molar-refractivity contribution is 6.06. The molecule has 0 aromatic heterocycles. The maximum absolute atomic E-state index is 11.2. The number of hydrogen-bond donors (Lipinski definition) is 1. The minimum Gasteiger partial charge on any atom is -0.478 e. The monoisotopic (exact) mass is 264 g/mol. The number of benzene rings is 1. The van der Waals surface area contributed by atoms with E-state index in [4.69, 9.17) is 9.94 Å². The van der Waals surface area contributed by atoms with Gasteiger partial charge in [-0.15, -0.1) is 0 Å². The molecule has 1 aromatic carbocycles. The van der Waals surface area contributed by atoms with Crippen molar-refractivity contribution in [1.29, 1.82) is 0 Å². The quantitative estimate of drug-likeness (QED) is 0.662. The van der Waals surface area contributed by atoms with Crippen LogP contribution in [0.15, 0.2) is 29.4 Å². The first-order chi connectivity index (χ1) is 8.86. The third kappa shape index (κ3) is 2.03. The molecule has 1 aromatic rings. The first-order valence-electron chi connectivity index (χ1n) is 5.60. The number of carboxylic acid groups (broad SMARTS) is 1. The van der Waals surface area contributed by atoms with Crippen LogP contribution in [0.3, 0.4) is 0 Å². The predicted octanol–water partition coefficient (Wildman–Crippen LogP) is 1.81. The van der Waals surface area contributed by atoms with Crippen LogP contribution < -0.4 is 0 Å². The van der Waals surface area contributed by atoms with Crippen molar-refractivity contribution in [3.05, 3.63) is 39.9 Å². The summed E-state index contributed by atoms with van der Waals surface area (Å²) >= 11 is 0. The molecule has 0 amide bonds. The predicted molar refractivity (Wildman–Crippen MR) is 65.9 cm³/mol. The van der Waals surface area contributed by atoms with Gasteiger partial charge in [0.05, 0.1) is 16.6 Å². The number of hydrogen-bond acceptors (Lipinski definition) is 5. The molecule has 0 bridgehead atoms. The number of oxime groups is 1. The van der Waals surface area contributed by atoms with E-state index in [1.54, 1.807) is 13.0 Å². The van der Waals surface area contributed by atoms with Gasteiger partial charge in [-0.25, -0.2) is 4.79 Å². The molecule has 7 nitrogen and oxygen atoms in total. The van der Waals surface area contributed by atoms with E-state index in [1.807, 2.05) is 0 Å². The first kappa shape index (κ1) is 13.0. The van der Waals surface area contributed by atoms with E-state index in [0.717, 1.165) is 0 Å². The number of nitro benzene ring substituents is 1. The lowest BCUT2D eigenvalue weighted by Gasteiger charge is -2.21. The van der Waals surface area contributed by atoms with Gasteiger partial charge < -0.3 is 9.94 Å². The van der Waals surface area contributed by atoms with Crippen LogP contribution in [0.5, 0.6) is 0 Å². The first-order valence-corrected chi connectivity index (χ1v) is 5.60. The maximum atomic E-state index is 11.2. The number of rotatable bonds is 3. The van der Waals surface area contributed by atoms with Crippen LogP contribution in [0, 0.1) is 16.0 Å². The van der Waals surface area contributed by atoms with Crippen molar-refractivity contribution in [3.63, 3.8) is 0 Å². The molecule has 1 N–H and O–H groups in total. The van der Waals surface area contributed by atoms with Crippen molar-refractivity contribution in [1.82, 2.24) is 0 Å². The smallest absolute Gasteiger partial charge is 0.351 e. The Labute approximate surface area is 108 Å². The number of non-ortho nitro benzene ring substituents is 1. The Morgan fingerprint density at radius 1 is 1.58 bits per heavy atom. The molecule has 0 saturated carbocycles. The van der Waals surface area contributed by atoms with E-state index in [-0.39, 0.29) is 5.69 Å². The molecule has 100 valence electrons. The second-order valence-corrected chi connectivity index (χ2v) is 4.51. The summed E-state index contributed by atoms with van der Waals surface area (Å²) in [5.74, 6) is -1.63. The van der Waals surface area contributed by atoms with Gasteiger partial charge in [0.2, 0.25) is 5.60 Å². The molecule has 1 aliphatic rings. The van der Waals surface area contributed by atoms with Crippen molar-refractivity contribution in [2.24, 2.45) is 11.1 Å². The van der Waals surface area contributed by atoms with Gasteiger partial charge in [-0.1, -0.05) is 24.2 Å². The molecule has 1 aliphatic heterocycles. The summed E-state index contributed by atoms with van der Waals surface area (Å²) in [5, 5.41) is 23.6. The van der Waals surface area contributed by atoms with Crippen LogP contribution in [-0.2, 0) is 9.63 Å².